The Bertz CT molecular complexity index is 1060. The Morgan fingerprint density at radius 3 is 2.42 bits per heavy atom. The fourth-order valence-corrected chi connectivity index (χ4v) is 3.27. The second kappa shape index (κ2) is 6.90. The Labute approximate surface area is 157 Å². The molecule has 2 heterocycles. The molecule has 4 aromatic rings. The molecular weight excluding hydrogens is 346 g/mol. The van der Waals surface area contributed by atoms with Crippen molar-refractivity contribution in [1.82, 2.24) is 14.6 Å². The van der Waals surface area contributed by atoms with Crippen molar-refractivity contribution in [2.24, 2.45) is 0 Å². The van der Waals surface area contributed by atoms with Crippen LogP contribution < -0.4 is 0 Å². The monoisotopic (exact) mass is 363 g/mol. The van der Waals surface area contributed by atoms with Crippen LogP contribution in [0, 0.1) is 6.92 Å². The van der Waals surface area contributed by atoms with Crippen molar-refractivity contribution in [3.8, 4) is 22.4 Å². The van der Waals surface area contributed by atoms with E-state index in [4.69, 9.17) is 26.4 Å². The Hall–Kier alpha value is -2.69. The number of halogens is 1. The summed E-state index contributed by atoms with van der Waals surface area (Å²) in [7, 11) is 1.68. The maximum Gasteiger partial charge on any atom is 0.164 e. The highest BCUT2D eigenvalue weighted by Gasteiger charge is 2.19. The molecule has 4 rings (SSSR count). The average molecular weight is 364 g/mol. The van der Waals surface area contributed by atoms with Gasteiger partial charge < -0.3 is 4.74 Å². The molecule has 0 amide bonds. The van der Waals surface area contributed by atoms with E-state index in [9.17, 15) is 0 Å². The molecule has 0 aliphatic heterocycles. The van der Waals surface area contributed by atoms with E-state index in [1.54, 1.807) is 7.11 Å². The lowest BCUT2D eigenvalue weighted by atomic mass is 10.1. The van der Waals surface area contributed by atoms with Gasteiger partial charge in [0.2, 0.25) is 0 Å². The van der Waals surface area contributed by atoms with Crippen LogP contribution in [0.4, 0.5) is 0 Å². The van der Waals surface area contributed by atoms with Gasteiger partial charge in [0.15, 0.2) is 5.65 Å². The molecule has 0 fully saturated rings. The topological polar surface area (TPSA) is 39.4 Å². The van der Waals surface area contributed by atoms with E-state index in [0.717, 1.165) is 39.4 Å². The standard InChI is InChI=1S/C21H18ClN3O/c1-14-12-19(15-8-10-17(22)11-9-15)25-21(23-14)20(18(24-25)13-26-2)16-6-4-3-5-7-16/h3-12H,13H2,1-2H3. The van der Waals surface area contributed by atoms with Crippen molar-refractivity contribution in [2.75, 3.05) is 7.11 Å². The van der Waals surface area contributed by atoms with Crippen molar-refractivity contribution in [3.05, 3.63) is 77.1 Å². The summed E-state index contributed by atoms with van der Waals surface area (Å²) in [6.07, 6.45) is 0. The summed E-state index contributed by atoms with van der Waals surface area (Å²) >= 11 is 6.05. The van der Waals surface area contributed by atoms with Crippen LogP contribution in [0.2, 0.25) is 5.02 Å². The molecule has 0 spiro atoms. The van der Waals surface area contributed by atoms with Gasteiger partial charge in [0, 0.05) is 23.4 Å². The molecule has 0 radical (unpaired) electrons. The fourth-order valence-electron chi connectivity index (χ4n) is 3.15. The molecule has 0 saturated heterocycles. The van der Waals surface area contributed by atoms with Gasteiger partial charge in [-0.1, -0.05) is 54.1 Å². The normalized spacial score (nSPS) is 11.2. The molecule has 0 atom stereocenters. The van der Waals surface area contributed by atoms with Gasteiger partial charge in [-0.15, -0.1) is 0 Å². The van der Waals surface area contributed by atoms with Crippen LogP contribution in [-0.2, 0) is 11.3 Å². The molecule has 2 aromatic carbocycles. The van der Waals surface area contributed by atoms with E-state index >= 15 is 0 Å². The molecular formula is C21H18ClN3O. The number of ether oxygens (including phenoxy) is 1. The van der Waals surface area contributed by atoms with Gasteiger partial charge in [0.1, 0.15) is 0 Å². The van der Waals surface area contributed by atoms with E-state index in [2.05, 4.69) is 12.1 Å². The number of nitrogens with zero attached hydrogens (tertiary/aromatic N) is 3. The second-order valence-corrected chi connectivity index (χ2v) is 6.58. The van der Waals surface area contributed by atoms with E-state index < -0.39 is 0 Å². The highest BCUT2D eigenvalue weighted by Crippen LogP contribution is 2.31. The Balaban J connectivity index is 2.03. The van der Waals surface area contributed by atoms with Gasteiger partial charge in [0.05, 0.1) is 23.6 Å². The lowest BCUT2D eigenvalue weighted by molar-refractivity contribution is 0.181. The highest BCUT2D eigenvalue weighted by atomic mass is 35.5. The van der Waals surface area contributed by atoms with E-state index in [0.29, 0.717) is 11.6 Å². The van der Waals surface area contributed by atoms with E-state index in [1.165, 1.54) is 0 Å². The third-order valence-electron chi connectivity index (χ3n) is 4.27. The third-order valence-corrected chi connectivity index (χ3v) is 4.53. The molecule has 0 aliphatic rings. The summed E-state index contributed by atoms with van der Waals surface area (Å²) in [5, 5.41) is 5.52. The zero-order valence-electron chi connectivity index (χ0n) is 14.6. The van der Waals surface area contributed by atoms with Crippen molar-refractivity contribution in [2.45, 2.75) is 13.5 Å². The maximum absolute atomic E-state index is 6.05. The molecule has 0 bridgehead atoms. The van der Waals surface area contributed by atoms with Crippen LogP contribution in [-0.4, -0.2) is 21.7 Å². The minimum atomic E-state index is 0.423. The first-order valence-corrected chi connectivity index (χ1v) is 8.74. The van der Waals surface area contributed by atoms with Crippen LogP contribution in [0.5, 0.6) is 0 Å². The Kier molecular flexibility index (Phi) is 4.45. The van der Waals surface area contributed by atoms with Crippen LogP contribution in [0.1, 0.15) is 11.4 Å². The van der Waals surface area contributed by atoms with Crippen LogP contribution in [0.25, 0.3) is 28.0 Å². The summed E-state index contributed by atoms with van der Waals surface area (Å²) in [5.74, 6) is 0. The number of fused-ring (bicyclic) bond motifs is 1. The minimum Gasteiger partial charge on any atom is -0.378 e. The first kappa shape index (κ1) is 16.8. The third kappa shape index (κ3) is 2.98. The molecule has 0 saturated carbocycles. The highest BCUT2D eigenvalue weighted by molar-refractivity contribution is 6.30. The summed E-state index contributed by atoms with van der Waals surface area (Å²) < 4.78 is 7.29. The lowest BCUT2D eigenvalue weighted by Gasteiger charge is -2.07. The maximum atomic E-state index is 6.05. The van der Waals surface area contributed by atoms with Crippen molar-refractivity contribution in [1.29, 1.82) is 0 Å². The number of hydrogen-bond donors (Lipinski definition) is 0. The largest absolute Gasteiger partial charge is 0.378 e. The van der Waals surface area contributed by atoms with Gasteiger partial charge in [-0.25, -0.2) is 9.50 Å². The number of rotatable bonds is 4. The zero-order valence-corrected chi connectivity index (χ0v) is 15.4. The predicted molar refractivity (Wildman–Crippen MR) is 104 cm³/mol. The number of aryl methyl sites for hydroxylation is 1. The first-order chi connectivity index (χ1) is 12.7. The van der Waals surface area contributed by atoms with Gasteiger partial charge in [-0.05, 0) is 30.7 Å². The van der Waals surface area contributed by atoms with Crippen molar-refractivity contribution >= 4 is 17.2 Å². The quantitative estimate of drug-likeness (QED) is 0.502. The summed E-state index contributed by atoms with van der Waals surface area (Å²) in [6.45, 7) is 2.42. The number of benzene rings is 2. The van der Waals surface area contributed by atoms with E-state index in [-0.39, 0.29) is 0 Å². The summed E-state index contributed by atoms with van der Waals surface area (Å²) in [4.78, 5) is 4.78. The molecule has 130 valence electrons. The molecule has 26 heavy (non-hydrogen) atoms. The lowest BCUT2D eigenvalue weighted by Crippen LogP contribution is -1.98. The SMILES string of the molecule is COCc1nn2c(-c3ccc(Cl)cc3)cc(C)nc2c1-c1ccccc1. The predicted octanol–water partition coefficient (Wildman–Crippen LogP) is 5.17. The van der Waals surface area contributed by atoms with Crippen LogP contribution in [0.15, 0.2) is 60.7 Å². The number of hydrogen-bond acceptors (Lipinski definition) is 3. The summed E-state index contributed by atoms with van der Waals surface area (Å²) in [5.41, 5.74) is 6.73. The Morgan fingerprint density at radius 2 is 1.73 bits per heavy atom. The average Bonchev–Trinajstić information content (AvgIpc) is 3.00. The minimum absolute atomic E-state index is 0.423. The second-order valence-electron chi connectivity index (χ2n) is 6.15. The van der Waals surface area contributed by atoms with Gasteiger partial charge >= 0.3 is 0 Å². The fraction of sp³-hybridized carbons (Fsp3) is 0.143. The van der Waals surface area contributed by atoms with Crippen molar-refractivity contribution < 1.29 is 4.74 Å². The van der Waals surface area contributed by atoms with Crippen molar-refractivity contribution in [3.63, 3.8) is 0 Å². The van der Waals surface area contributed by atoms with Gasteiger partial charge in [0.25, 0.3) is 0 Å². The van der Waals surface area contributed by atoms with Gasteiger partial charge in [-0.3, -0.25) is 0 Å². The smallest absolute Gasteiger partial charge is 0.164 e. The molecule has 2 aromatic heterocycles. The molecule has 0 N–H and O–H groups in total. The number of aromatic nitrogens is 3. The first-order valence-electron chi connectivity index (χ1n) is 8.37. The van der Waals surface area contributed by atoms with Gasteiger partial charge in [-0.2, -0.15) is 5.10 Å². The summed E-state index contributed by atoms with van der Waals surface area (Å²) in [6, 6.07) is 20.0. The van der Waals surface area contributed by atoms with Crippen LogP contribution in [0.3, 0.4) is 0 Å². The van der Waals surface area contributed by atoms with E-state index in [1.807, 2.05) is 60.0 Å². The zero-order chi connectivity index (χ0) is 18.1. The van der Waals surface area contributed by atoms with Crippen LogP contribution >= 0.6 is 11.6 Å². The molecule has 0 aliphatic carbocycles. The molecule has 0 unspecified atom stereocenters. The molecule has 5 heteroatoms. The molecule has 4 nitrogen and oxygen atoms in total. The number of methoxy groups -OCH3 is 1. The Morgan fingerprint density at radius 1 is 1.00 bits per heavy atom.